The molecule has 1 heterocycles. The number of pyridine rings is 1. The third kappa shape index (κ3) is 7.37. The monoisotopic (exact) mass is 396 g/mol. The van der Waals surface area contributed by atoms with Crippen LogP contribution in [0.2, 0.25) is 0 Å². The number of nitrogens with one attached hydrogen (secondary N) is 2. The molecule has 154 valence electrons. The number of nitrogens with zero attached hydrogens (tertiary/aromatic N) is 2. The summed E-state index contributed by atoms with van der Waals surface area (Å²) in [6, 6.07) is 15.1. The van der Waals surface area contributed by atoms with E-state index in [0.717, 1.165) is 11.3 Å². The summed E-state index contributed by atoms with van der Waals surface area (Å²) in [5.74, 6) is -0.999. The predicted octanol–water partition coefficient (Wildman–Crippen LogP) is 1.71. The number of benzene rings is 1. The molecule has 0 saturated carbocycles. The first-order valence-electron chi connectivity index (χ1n) is 9.62. The van der Waals surface area contributed by atoms with Gasteiger partial charge in [0.15, 0.2) is 0 Å². The number of amides is 3. The molecule has 2 N–H and O–H groups in total. The van der Waals surface area contributed by atoms with Gasteiger partial charge in [-0.3, -0.25) is 19.4 Å². The summed E-state index contributed by atoms with van der Waals surface area (Å²) in [5, 5.41) is 5.56. The highest BCUT2D eigenvalue weighted by atomic mass is 16.2. The number of aromatic nitrogens is 1. The molecule has 2 aromatic rings. The van der Waals surface area contributed by atoms with Crippen LogP contribution in [0.25, 0.3) is 0 Å². The van der Waals surface area contributed by atoms with E-state index in [1.54, 1.807) is 27.1 Å². The van der Waals surface area contributed by atoms with Crippen LogP contribution in [0, 0.1) is 5.92 Å². The van der Waals surface area contributed by atoms with Gasteiger partial charge in [0, 0.05) is 31.3 Å². The van der Waals surface area contributed by atoms with Crippen LogP contribution in [0.15, 0.2) is 54.7 Å². The van der Waals surface area contributed by atoms with Crippen molar-refractivity contribution in [3.05, 3.63) is 66.0 Å². The van der Waals surface area contributed by atoms with Gasteiger partial charge in [-0.15, -0.1) is 0 Å². The zero-order chi connectivity index (χ0) is 21.2. The van der Waals surface area contributed by atoms with Crippen LogP contribution in [0.1, 0.15) is 31.1 Å². The van der Waals surface area contributed by atoms with Crippen molar-refractivity contribution in [1.82, 2.24) is 20.5 Å². The molecule has 0 spiro atoms. The average Bonchev–Trinajstić information content (AvgIpc) is 2.72. The number of hydrogen-bond acceptors (Lipinski definition) is 4. The zero-order valence-corrected chi connectivity index (χ0v) is 17.1. The normalized spacial score (nSPS) is 11.6. The van der Waals surface area contributed by atoms with Crippen LogP contribution in [0.3, 0.4) is 0 Å². The highest BCUT2D eigenvalue weighted by molar-refractivity contribution is 5.88. The summed E-state index contributed by atoms with van der Waals surface area (Å²) in [6.07, 6.45) is 2.26. The quantitative estimate of drug-likeness (QED) is 0.675. The Kier molecular flexibility index (Phi) is 8.33. The highest BCUT2D eigenvalue weighted by Gasteiger charge is 2.19. The second-order valence-corrected chi connectivity index (χ2v) is 7.18. The maximum atomic E-state index is 12.6. The topological polar surface area (TPSA) is 91.4 Å². The molecule has 0 aliphatic rings. The number of hydrogen-bond donors (Lipinski definition) is 2. The lowest BCUT2D eigenvalue weighted by molar-refractivity contribution is -0.135. The summed E-state index contributed by atoms with van der Waals surface area (Å²) < 4.78 is 0. The van der Waals surface area contributed by atoms with E-state index in [4.69, 9.17) is 0 Å². The van der Waals surface area contributed by atoms with Gasteiger partial charge in [0.25, 0.3) is 0 Å². The predicted molar refractivity (Wildman–Crippen MR) is 111 cm³/mol. The van der Waals surface area contributed by atoms with Crippen LogP contribution in [0.5, 0.6) is 0 Å². The number of carbonyl (C=O) groups excluding carboxylic acids is 3. The first kappa shape index (κ1) is 22.1. The molecule has 1 aromatic heterocycles. The van der Waals surface area contributed by atoms with Gasteiger partial charge in [-0.2, -0.15) is 0 Å². The minimum atomic E-state index is -0.324. The standard InChI is InChI=1S/C22H28N4O3/c1-16(2)22(29)24-14-21(28)26(3)15-20(27)25-19(17-9-5-4-6-10-17)13-18-11-7-8-12-23-18/h4-12,16,19H,13-15H2,1-3H3,(H,24,29)(H,25,27). The molecule has 29 heavy (non-hydrogen) atoms. The van der Waals surface area contributed by atoms with E-state index in [1.807, 2.05) is 48.5 Å². The molecule has 1 atom stereocenters. The smallest absolute Gasteiger partial charge is 0.242 e. The lowest BCUT2D eigenvalue weighted by Crippen LogP contribution is -2.44. The SMILES string of the molecule is CC(C)C(=O)NCC(=O)N(C)CC(=O)NC(Cc1ccccn1)c1ccccc1. The third-order valence-corrected chi connectivity index (χ3v) is 4.42. The van der Waals surface area contributed by atoms with Crippen molar-refractivity contribution in [2.24, 2.45) is 5.92 Å². The Bertz CT molecular complexity index is 809. The fraction of sp³-hybridized carbons (Fsp3) is 0.364. The van der Waals surface area contributed by atoms with Gasteiger partial charge in [0.05, 0.1) is 19.1 Å². The van der Waals surface area contributed by atoms with E-state index < -0.39 is 0 Å². The van der Waals surface area contributed by atoms with Gasteiger partial charge in [0.2, 0.25) is 17.7 Å². The Morgan fingerprint density at radius 1 is 1.03 bits per heavy atom. The Morgan fingerprint density at radius 3 is 2.34 bits per heavy atom. The van der Waals surface area contributed by atoms with Gasteiger partial charge in [-0.1, -0.05) is 50.2 Å². The number of likely N-dealkylation sites (N-methyl/N-ethyl adjacent to an activating group) is 1. The second-order valence-electron chi connectivity index (χ2n) is 7.18. The summed E-state index contributed by atoms with van der Waals surface area (Å²) in [6.45, 7) is 3.28. The minimum Gasteiger partial charge on any atom is -0.347 e. The van der Waals surface area contributed by atoms with Crippen molar-refractivity contribution in [2.75, 3.05) is 20.1 Å². The fourth-order valence-corrected chi connectivity index (χ4v) is 2.71. The van der Waals surface area contributed by atoms with Crippen LogP contribution in [0.4, 0.5) is 0 Å². The molecule has 2 rings (SSSR count). The van der Waals surface area contributed by atoms with Crippen molar-refractivity contribution in [3.63, 3.8) is 0 Å². The summed E-state index contributed by atoms with van der Waals surface area (Å²) in [7, 11) is 1.54. The van der Waals surface area contributed by atoms with Gasteiger partial charge in [-0.05, 0) is 17.7 Å². The summed E-state index contributed by atoms with van der Waals surface area (Å²) in [4.78, 5) is 42.0. The van der Waals surface area contributed by atoms with Crippen LogP contribution < -0.4 is 10.6 Å². The molecule has 0 saturated heterocycles. The minimum absolute atomic E-state index is 0.0953. The van der Waals surface area contributed by atoms with Crippen molar-refractivity contribution in [3.8, 4) is 0 Å². The molecule has 7 nitrogen and oxygen atoms in total. The van der Waals surface area contributed by atoms with Crippen LogP contribution in [-0.4, -0.2) is 47.7 Å². The molecular formula is C22H28N4O3. The Morgan fingerprint density at radius 2 is 1.72 bits per heavy atom. The van der Waals surface area contributed by atoms with E-state index in [0.29, 0.717) is 6.42 Å². The van der Waals surface area contributed by atoms with Crippen LogP contribution >= 0.6 is 0 Å². The molecule has 0 fully saturated rings. The Balaban J connectivity index is 1.96. The molecule has 0 aliphatic heterocycles. The summed E-state index contributed by atoms with van der Waals surface area (Å²) >= 11 is 0. The van der Waals surface area contributed by atoms with Crippen molar-refractivity contribution in [1.29, 1.82) is 0 Å². The third-order valence-electron chi connectivity index (χ3n) is 4.42. The van der Waals surface area contributed by atoms with Crippen molar-refractivity contribution < 1.29 is 14.4 Å². The summed E-state index contributed by atoms with van der Waals surface area (Å²) in [5.41, 5.74) is 1.83. The second kappa shape index (κ2) is 10.9. The fourth-order valence-electron chi connectivity index (χ4n) is 2.71. The van der Waals surface area contributed by atoms with Crippen molar-refractivity contribution >= 4 is 17.7 Å². The van der Waals surface area contributed by atoms with E-state index in [2.05, 4.69) is 15.6 Å². The van der Waals surface area contributed by atoms with Crippen LogP contribution in [-0.2, 0) is 20.8 Å². The van der Waals surface area contributed by atoms with E-state index >= 15 is 0 Å². The highest BCUT2D eigenvalue weighted by Crippen LogP contribution is 2.17. The molecular weight excluding hydrogens is 368 g/mol. The van der Waals surface area contributed by atoms with Gasteiger partial charge in [-0.25, -0.2) is 0 Å². The Hall–Kier alpha value is -3.22. The molecule has 3 amide bonds. The van der Waals surface area contributed by atoms with Gasteiger partial charge in [0.1, 0.15) is 0 Å². The van der Waals surface area contributed by atoms with E-state index in [-0.39, 0.29) is 42.8 Å². The Labute approximate surface area is 171 Å². The first-order valence-corrected chi connectivity index (χ1v) is 9.62. The maximum absolute atomic E-state index is 12.6. The zero-order valence-electron chi connectivity index (χ0n) is 17.1. The number of rotatable bonds is 9. The molecule has 1 aromatic carbocycles. The first-order chi connectivity index (χ1) is 13.9. The van der Waals surface area contributed by atoms with Gasteiger partial charge >= 0.3 is 0 Å². The van der Waals surface area contributed by atoms with E-state index in [9.17, 15) is 14.4 Å². The largest absolute Gasteiger partial charge is 0.347 e. The lowest BCUT2D eigenvalue weighted by atomic mass is 10.0. The molecule has 0 aliphatic carbocycles. The van der Waals surface area contributed by atoms with Crippen molar-refractivity contribution in [2.45, 2.75) is 26.3 Å². The molecule has 0 radical (unpaired) electrons. The lowest BCUT2D eigenvalue weighted by Gasteiger charge is -2.22. The van der Waals surface area contributed by atoms with Gasteiger partial charge < -0.3 is 15.5 Å². The van der Waals surface area contributed by atoms with E-state index in [1.165, 1.54) is 4.90 Å². The average molecular weight is 396 g/mol. The maximum Gasteiger partial charge on any atom is 0.242 e. The molecule has 0 bridgehead atoms. The molecule has 1 unspecified atom stereocenters. The number of carbonyl (C=O) groups is 3. The molecule has 7 heteroatoms.